The van der Waals surface area contributed by atoms with E-state index >= 15 is 0 Å². The van der Waals surface area contributed by atoms with Gasteiger partial charge in [0.1, 0.15) is 5.82 Å². The smallest absolute Gasteiger partial charge is 0.229 e. The van der Waals surface area contributed by atoms with Gasteiger partial charge in [0.15, 0.2) is 0 Å². The number of nitrogens with zero attached hydrogens (tertiary/aromatic N) is 6. The number of aryl methyl sites for hydroxylation is 1. The summed E-state index contributed by atoms with van der Waals surface area (Å²) in [6, 6.07) is 1.90. The Labute approximate surface area is 153 Å². The zero-order valence-corrected chi connectivity index (χ0v) is 15.3. The van der Waals surface area contributed by atoms with Crippen LogP contribution in [-0.4, -0.2) is 74.4 Å². The Morgan fingerprint density at radius 1 is 1.27 bits per heavy atom. The van der Waals surface area contributed by atoms with Gasteiger partial charge in [0, 0.05) is 64.3 Å². The van der Waals surface area contributed by atoms with Gasteiger partial charge < -0.3 is 14.2 Å². The van der Waals surface area contributed by atoms with E-state index in [4.69, 9.17) is 4.74 Å². The van der Waals surface area contributed by atoms with Crippen LogP contribution in [0.4, 0.5) is 0 Å². The number of fused-ring (bicyclic) bond motifs is 1. The number of hydrogen-bond donors (Lipinski definition) is 0. The van der Waals surface area contributed by atoms with Gasteiger partial charge in [0.2, 0.25) is 5.91 Å². The maximum Gasteiger partial charge on any atom is 0.229 e. The molecule has 8 heteroatoms. The monoisotopic (exact) mass is 358 g/mol. The van der Waals surface area contributed by atoms with Crippen LogP contribution in [0.1, 0.15) is 11.5 Å². The summed E-state index contributed by atoms with van der Waals surface area (Å²) >= 11 is 0. The quantitative estimate of drug-likeness (QED) is 0.778. The lowest BCUT2D eigenvalue weighted by Gasteiger charge is -2.31. The van der Waals surface area contributed by atoms with Gasteiger partial charge in [-0.3, -0.25) is 14.4 Å². The third-order valence-corrected chi connectivity index (χ3v) is 5.14. The molecule has 1 saturated heterocycles. The van der Waals surface area contributed by atoms with Gasteiger partial charge in [-0.1, -0.05) is 0 Å². The number of amides is 1. The van der Waals surface area contributed by atoms with Crippen LogP contribution in [0, 0.1) is 5.92 Å². The van der Waals surface area contributed by atoms with E-state index in [-0.39, 0.29) is 5.91 Å². The molecule has 0 aliphatic carbocycles. The first-order chi connectivity index (χ1) is 12.7. The Morgan fingerprint density at radius 2 is 2.12 bits per heavy atom. The standard InChI is InChI=1S/C18H26N6O2/c1-21-4-2-16(20-21)10-18(25)24-13-15(11-22-6-8-26-9-7-22)12-23-5-3-19-17(23)14-24/h2-5,15H,6-14H2,1H3. The Hall–Kier alpha value is -2.19. The van der Waals surface area contributed by atoms with Gasteiger partial charge in [0.05, 0.1) is 31.9 Å². The molecule has 2 aromatic heterocycles. The number of morpholine rings is 1. The van der Waals surface area contributed by atoms with Crippen molar-refractivity contribution >= 4 is 5.91 Å². The van der Waals surface area contributed by atoms with Gasteiger partial charge in [-0.05, 0) is 6.07 Å². The van der Waals surface area contributed by atoms with Crippen molar-refractivity contribution in [3.05, 3.63) is 36.2 Å². The summed E-state index contributed by atoms with van der Waals surface area (Å²) < 4.78 is 9.38. The zero-order chi connectivity index (χ0) is 17.9. The highest BCUT2D eigenvalue weighted by Gasteiger charge is 2.27. The highest BCUT2D eigenvalue weighted by Crippen LogP contribution is 2.18. The van der Waals surface area contributed by atoms with Gasteiger partial charge >= 0.3 is 0 Å². The maximum absolute atomic E-state index is 12.9. The number of aromatic nitrogens is 4. The third-order valence-electron chi connectivity index (χ3n) is 5.14. The van der Waals surface area contributed by atoms with Crippen LogP contribution in [-0.2, 0) is 36.1 Å². The van der Waals surface area contributed by atoms with Crippen molar-refractivity contribution in [1.82, 2.24) is 29.1 Å². The minimum atomic E-state index is 0.118. The number of hydrogen-bond acceptors (Lipinski definition) is 5. The second kappa shape index (κ2) is 7.59. The molecule has 2 aliphatic heterocycles. The highest BCUT2D eigenvalue weighted by molar-refractivity contribution is 5.78. The second-order valence-electron chi connectivity index (χ2n) is 7.21. The minimum Gasteiger partial charge on any atom is -0.379 e. The normalized spacial score (nSPS) is 21.4. The van der Waals surface area contributed by atoms with Crippen molar-refractivity contribution in [2.75, 3.05) is 39.4 Å². The lowest BCUT2D eigenvalue weighted by Crippen LogP contribution is -2.43. The van der Waals surface area contributed by atoms with E-state index < -0.39 is 0 Å². The minimum absolute atomic E-state index is 0.118. The van der Waals surface area contributed by atoms with Crippen LogP contribution in [0.3, 0.4) is 0 Å². The number of carbonyl (C=O) groups excluding carboxylic acids is 1. The molecule has 2 aromatic rings. The largest absolute Gasteiger partial charge is 0.379 e. The van der Waals surface area contributed by atoms with E-state index in [2.05, 4.69) is 19.5 Å². The first kappa shape index (κ1) is 17.2. The summed E-state index contributed by atoms with van der Waals surface area (Å²) in [5.41, 5.74) is 0.815. The van der Waals surface area contributed by atoms with Crippen molar-refractivity contribution in [1.29, 1.82) is 0 Å². The van der Waals surface area contributed by atoms with Gasteiger partial charge in [-0.2, -0.15) is 5.10 Å². The molecule has 140 valence electrons. The van der Waals surface area contributed by atoms with E-state index in [1.165, 1.54) is 0 Å². The van der Waals surface area contributed by atoms with Crippen LogP contribution >= 0.6 is 0 Å². The fourth-order valence-corrected chi connectivity index (χ4v) is 3.82. The van der Waals surface area contributed by atoms with Crippen LogP contribution in [0.5, 0.6) is 0 Å². The summed E-state index contributed by atoms with van der Waals surface area (Å²) in [4.78, 5) is 21.8. The van der Waals surface area contributed by atoms with Crippen LogP contribution in [0.15, 0.2) is 24.7 Å². The maximum atomic E-state index is 12.9. The first-order valence-corrected chi connectivity index (χ1v) is 9.24. The molecular weight excluding hydrogens is 332 g/mol. The topological polar surface area (TPSA) is 68.4 Å². The predicted octanol–water partition coefficient (Wildman–Crippen LogP) is 0.150. The van der Waals surface area contributed by atoms with Crippen molar-refractivity contribution in [3.63, 3.8) is 0 Å². The van der Waals surface area contributed by atoms with E-state index in [0.717, 1.165) is 57.5 Å². The molecule has 0 N–H and O–H groups in total. The van der Waals surface area contributed by atoms with Crippen LogP contribution in [0.25, 0.3) is 0 Å². The molecule has 4 rings (SSSR count). The molecule has 1 unspecified atom stereocenters. The van der Waals surface area contributed by atoms with Gasteiger partial charge in [-0.15, -0.1) is 0 Å². The van der Waals surface area contributed by atoms with Crippen molar-refractivity contribution < 1.29 is 9.53 Å². The molecule has 1 atom stereocenters. The molecule has 26 heavy (non-hydrogen) atoms. The molecule has 4 heterocycles. The average Bonchev–Trinajstić information content (AvgIpc) is 3.20. The first-order valence-electron chi connectivity index (χ1n) is 9.24. The lowest BCUT2D eigenvalue weighted by molar-refractivity contribution is -0.131. The molecule has 0 spiro atoms. The fourth-order valence-electron chi connectivity index (χ4n) is 3.82. The fraction of sp³-hybridized carbons (Fsp3) is 0.611. The number of rotatable bonds is 4. The van der Waals surface area contributed by atoms with E-state index in [0.29, 0.717) is 18.9 Å². The summed E-state index contributed by atoms with van der Waals surface area (Å²) in [6.07, 6.45) is 6.06. The molecule has 8 nitrogen and oxygen atoms in total. The molecule has 2 aliphatic rings. The Bertz CT molecular complexity index is 748. The van der Waals surface area contributed by atoms with E-state index in [9.17, 15) is 4.79 Å². The third kappa shape index (κ3) is 3.96. The Balaban J connectivity index is 1.47. The Kier molecular flexibility index (Phi) is 5.03. The number of imidazole rings is 1. The predicted molar refractivity (Wildman–Crippen MR) is 95.3 cm³/mol. The summed E-state index contributed by atoms with van der Waals surface area (Å²) in [5.74, 6) is 1.47. The zero-order valence-electron chi connectivity index (χ0n) is 15.3. The second-order valence-corrected chi connectivity index (χ2v) is 7.21. The number of carbonyl (C=O) groups is 1. The molecular formula is C18H26N6O2. The molecule has 0 saturated carbocycles. The molecule has 0 radical (unpaired) electrons. The molecule has 1 amide bonds. The van der Waals surface area contributed by atoms with Crippen LogP contribution in [0.2, 0.25) is 0 Å². The van der Waals surface area contributed by atoms with Crippen LogP contribution < -0.4 is 0 Å². The summed E-state index contributed by atoms with van der Waals surface area (Å²) in [5, 5.41) is 4.34. The SMILES string of the molecule is Cn1ccc(CC(=O)N2Cc3nccn3CC(CN3CCOCC3)C2)n1. The Morgan fingerprint density at radius 3 is 2.88 bits per heavy atom. The molecule has 1 fully saturated rings. The van der Waals surface area contributed by atoms with E-state index in [1.54, 1.807) is 4.68 Å². The van der Waals surface area contributed by atoms with Crippen molar-refractivity contribution in [3.8, 4) is 0 Å². The van der Waals surface area contributed by atoms with E-state index in [1.807, 2.05) is 36.6 Å². The van der Waals surface area contributed by atoms with Crippen molar-refractivity contribution in [2.24, 2.45) is 13.0 Å². The van der Waals surface area contributed by atoms with Gasteiger partial charge in [-0.25, -0.2) is 4.98 Å². The van der Waals surface area contributed by atoms with Gasteiger partial charge in [0.25, 0.3) is 0 Å². The van der Waals surface area contributed by atoms with Crippen molar-refractivity contribution in [2.45, 2.75) is 19.5 Å². The molecule has 0 aromatic carbocycles. The summed E-state index contributed by atoms with van der Waals surface area (Å²) in [6.45, 7) is 6.74. The average molecular weight is 358 g/mol. The highest BCUT2D eigenvalue weighted by atomic mass is 16.5. The number of ether oxygens (including phenoxy) is 1. The molecule has 0 bridgehead atoms. The lowest BCUT2D eigenvalue weighted by atomic mass is 10.1. The summed E-state index contributed by atoms with van der Waals surface area (Å²) in [7, 11) is 1.87.